The number of benzene rings is 2. The molecule has 1 aliphatic rings. The van der Waals surface area contributed by atoms with E-state index in [1.807, 2.05) is 44.2 Å². The van der Waals surface area contributed by atoms with E-state index in [0.29, 0.717) is 18.1 Å². The Labute approximate surface area is 157 Å². The summed E-state index contributed by atoms with van der Waals surface area (Å²) in [5.74, 6) is 0.385. The Balaban J connectivity index is 1.85. The third-order valence-electron chi connectivity index (χ3n) is 4.92. The summed E-state index contributed by atoms with van der Waals surface area (Å²) < 4.78 is 5.52. The molecular formula is C21H21N3O3. The van der Waals surface area contributed by atoms with Crippen molar-refractivity contribution >= 4 is 5.91 Å². The largest absolute Gasteiger partial charge is 0.504 e. The second kappa shape index (κ2) is 6.46. The van der Waals surface area contributed by atoms with Crippen LogP contribution in [-0.2, 0) is 0 Å². The number of rotatable bonds is 4. The summed E-state index contributed by atoms with van der Waals surface area (Å²) in [6.07, 6.45) is 0. The molecule has 4 rings (SSSR count). The van der Waals surface area contributed by atoms with Crippen molar-refractivity contribution in [1.82, 2.24) is 15.1 Å². The summed E-state index contributed by atoms with van der Waals surface area (Å²) in [5, 5.41) is 17.3. The van der Waals surface area contributed by atoms with E-state index in [1.54, 1.807) is 24.1 Å². The number of aromatic nitrogens is 2. The summed E-state index contributed by atoms with van der Waals surface area (Å²) in [5.41, 5.74) is 5.09. The highest BCUT2D eigenvalue weighted by atomic mass is 16.5. The first-order valence-corrected chi connectivity index (χ1v) is 8.89. The van der Waals surface area contributed by atoms with E-state index in [2.05, 4.69) is 10.2 Å². The maximum Gasteiger partial charge on any atom is 0.272 e. The number of aryl methyl sites for hydroxylation is 1. The van der Waals surface area contributed by atoms with Gasteiger partial charge >= 0.3 is 0 Å². The fourth-order valence-corrected chi connectivity index (χ4v) is 3.56. The molecule has 1 atom stereocenters. The lowest BCUT2D eigenvalue weighted by Crippen LogP contribution is -2.24. The third-order valence-corrected chi connectivity index (χ3v) is 4.92. The number of hydrogen-bond donors (Lipinski definition) is 2. The third kappa shape index (κ3) is 2.73. The lowest BCUT2D eigenvalue weighted by Gasteiger charge is -2.22. The van der Waals surface area contributed by atoms with Gasteiger partial charge in [-0.3, -0.25) is 9.89 Å². The molecule has 3 aromatic rings. The van der Waals surface area contributed by atoms with Gasteiger partial charge in [-0.2, -0.15) is 5.10 Å². The van der Waals surface area contributed by atoms with Crippen LogP contribution in [0.15, 0.2) is 42.5 Å². The highest BCUT2D eigenvalue weighted by Crippen LogP contribution is 2.43. The van der Waals surface area contributed by atoms with E-state index in [4.69, 9.17) is 4.74 Å². The molecule has 2 N–H and O–H groups in total. The van der Waals surface area contributed by atoms with Crippen molar-refractivity contribution in [3.63, 3.8) is 0 Å². The molecule has 0 unspecified atom stereocenters. The Bertz CT molecular complexity index is 1010. The highest BCUT2D eigenvalue weighted by molar-refractivity contribution is 6.00. The number of hydrogen-bond acceptors (Lipinski definition) is 4. The predicted octanol–water partition coefficient (Wildman–Crippen LogP) is 3.66. The van der Waals surface area contributed by atoms with Crippen LogP contribution in [0.5, 0.6) is 11.5 Å². The number of carbonyl (C=O) groups excluding carboxylic acids is 1. The molecule has 1 aromatic heterocycles. The van der Waals surface area contributed by atoms with Gasteiger partial charge in [0.1, 0.15) is 5.69 Å². The molecule has 27 heavy (non-hydrogen) atoms. The van der Waals surface area contributed by atoms with E-state index < -0.39 is 0 Å². The molecule has 0 spiro atoms. The zero-order valence-electron chi connectivity index (χ0n) is 15.5. The highest BCUT2D eigenvalue weighted by Gasteiger charge is 2.40. The van der Waals surface area contributed by atoms with Crippen LogP contribution in [0, 0.1) is 6.92 Å². The molecule has 0 radical (unpaired) electrons. The zero-order chi connectivity index (χ0) is 19.1. The standard InChI is InChI=1S/C21H21N3O3/c1-4-27-16-11-14(9-10-15(16)25)20-17-18(13-7-5-12(2)6-8-13)22-23-19(17)21(26)24(20)3/h5-11,20,25H,4H2,1-3H3,(H,22,23)/t20-/m0/s1. The lowest BCUT2D eigenvalue weighted by atomic mass is 9.95. The van der Waals surface area contributed by atoms with Crippen molar-refractivity contribution in [2.75, 3.05) is 13.7 Å². The van der Waals surface area contributed by atoms with Crippen molar-refractivity contribution in [3.05, 3.63) is 64.8 Å². The number of carbonyl (C=O) groups is 1. The van der Waals surface area contributed by atoms with Gasteiger partial charge in [-0.05, 0) is 31.5 Å². The number of nitrogens with one attached hydrogen (secondary N) is 1. The fraction of sp³-hybridized carbons (Fsp3) is 0.238. The summed E-state index contributed by atoms with van der Waals surface area (Å²) in [4.78, 5) is 14.4. The van der Waals surface area contributed by atoms with Crippen molar-refractivity contribution in [2.45, 2.75) is 19.9 Å². The van der Waals surface area contributed by atoms with Gasteiger partial charge in [0.05, 0.1) is 18.3 Å². The smallest absolute Gasteiger partial charge is 0.272 e. The Kier molecular flexibility index (Phi) is 4.11. The van der Waals surface area contributed by atoms with E-state index >= 15 is 0 Å². The molecule has 2 aromatic carbocycles. The van der Waals surface area contributed by atoms with E-state index in [0.717, 1.165) is 27.9 Å². The number of fused-ring (bicyclic) bond motifs is 1. The average Bonchev–Trinajstić information content (AvgIpc) is 3.18. The molecule has 0 aliphatic carbocycles. The number of aromatic hydroxyl groups is 1. The molecule has 0 saturated heterocycles. The van der Waals surface area contributed by atoms with E-state index in [-0.39, 0.29) is 17.7 Å². The second-order valence-electron chi connectivity index (χ2n) is 6.71. The molecule has 138 valence electrons. The van der Waals surface area contributed by atoms with Gasteiger partial charge < -0.3 is 14.7 Å². The number of nitrogens with zero attached hydrogens (tertiary/aromatic N) is 2. The number of aromatic amines is 1. The zero-order valence-corrected chi connectivity index (χ0v) is 15.5. The van der Waals surface area contributed by atoms with Crippen molar-refractivity contribution in [1.29, 1.82) is 0 Å². The molecule has 0 bridgehead atoms. The first-order valence-electron chi connectivity index (χ1n) is 8.89. The number of phenolic OH excluding ortho intramolecular Hbond substituents is 1. The summed E-state index contributed by atoms with van der Waals surface area (Å²) >= 11 is 0. The Morgan fingerprint density at radius 3 is 2.67 bits per heavy atom. The minimum Gasteiger partial charge on any atom is -0.504 e. The monoisotopic (exact) mass is 363 g/mol. The molecule has 6 heteroatoms. The summed E-state index contributed by atoms with van der Waals surface area (Å²) in [6, 6.07) is 13.0. The Hall–Kier alpha value is -3.28. The van der Waals surface area contributed by atoms with E-state index in [9.17, 15) is 9.90 Å². The lowest BCUT2D eigenvalue weighted by molar-refractivity contribution is 0.0787. The minimum absolute atomic E-state index is 0.0822. The van der Waals surface area contributed by atoms with Gasteiger partial charge in [0.15, 0.2) is 11.5 Å². The average molecular weight is 363 g/mol. The molecule has 1 aliphatic heterocycles. The molecule has 2 heterocycles. The van der Waals surface area contributed by atoms with Crippen molar-refractivity contribution in [3.8, 4) is 22.8 Å². The number of H-pyrrole nitrogens is 1. The summed E-state index contributed by atoms with van der Waals surface area (Å²) in [6.45, 7) is 4.34. The quantitative estimate of drug-likeness (QED) is 0.741. The van der Waals surface area contributed by atoms with Gasteiger partial charge in [-0.1, -0.05) is 35.9 Å². The van der Waals surface area contributed by atoms with Crippen LogP contribution in [0.3, 0.4) is 0 Å². The van der Waals surface area contributed by atoms with Crippen molar-refractivity contribution < 1.29 is 14.6 Å². The second-order valence-corrected chi connectivity index (χ2v) is 6.71. The van der Waals surface area contributed by atoms with Crippen LogP contribution in [-0.4, -0.2) is 39.8 Å². The number of phenols is 1. The van der Waals surface area contributed by atoms with Crippen LogP contribution >= 0.6 is 0 Å². The van der Waals surface area contributed by atoms with Crippen molar-refractivity contribution in [2.24, 2.45) is 0 Å². The van der Waals surface area contributed by atoms with Crippen LogP contribution in [0.1, 0.15) is 40.1 Å². The van der Waals surface area contributed by atoms with Crippen LogP contribution < -0.4 is 4.74 Å². The number of ether oxygens (including phenoxy) is 1. The van der Waals surface area contributed by atoms with Gasteiger partial charge in [0.25, 0.3) is 5.91 Å². The van der Waals surface area contributed by atoms with Gasteiger partial charge in [0, 0.05) is 18.2 Å². The molecule has 0 saturated carbocycles. The molecule has 1 amide bonds. The topological polar surface area (TPSA) is 78.5 Å². The molecular weight excluding hydrogens is 342 g/mol. The van der Waals surface area contributed by atoms with Gasteiger partial charge in [-0.25, -0.2) is 0 Å². The van der Waals surface area contributed by atoms with Crippen LogP contribution in [0.4, 0.5) is 0 Å². The number of amides is 1. The predicted molar refractivity (Wildman–Crippen MR) is 102 cm³/mol. The minimum atomic E-state index is -0.303. The normalized spacial score (nSPS) is 15.9. The fourth-order valence-electron chi connectivity index (χ4n) is 3.56. The Morgan fingerprint density at radius 1 is 1.22 bits per heavy atom. The Morgan fingerprint density at radius 2 is 1.96 bits per heavy atom. The SMILES string of the molecule is CCOc1cc([C@H]2c3c(-c4ccc(C)cc4)n[nH]c3C(=O)N2C)ccc1O. The van der Waals surface area contributed by atoms with Gasteiger partial charge in [-0.15, -0.1) is 0 Å². The van der Waals surface area contributed by atoms with E-state index in [1.165, 1.54) is 0 Å². The van der Waals surface area contributed by atoms with Gasteiger partial charge in [0.2, 0.25) is 0 Å². The maximum absolute atomic E-state index is 12.7. The van der Waals surface area contributed by atoms with Crippen LogP contribution in [0.2, 0.25) is 0 Å². The maximum atomic E-state index is 12.7. The first-order chi connectivity index (χ1) is 13.0. The summed E-state index contributed by atoms with van der Waals surface area (Å²) in [7, 11) is 1.77. The molecule has 6 nitrogen and oxygen atoms in total. The molecule has 0 fully saturated rings. The van der Waals surface area contributed by atoms with Crippen LogP contribution in [0.25, 0.3) is 11.3 Å². The first kappa shape index (κ1) is 17.1.